The highest BCUT2D eigenvalue weighted by molar-refractivity contribution is 9.10. The molecule has 2 heterocycles. The number of allylic oxidation sites excluding steroid dienone is 1. The van der Waals surface area contributed by atoms with E-state index in [1.54, 1.807) is 11.8 Å². The number of carbonyl (C=O) groups is 1. The molecule has 1 atom stereocenters. The third-order valence-electron chi connectivity index (χ3n) is 5.66. The Labute approximate surface area is 233 Å². The van der Waals surface area contributed by atoms with Gasteiger partial charge < -0.3 is 19.5 Å². The number of anilines is 1. The van der Waals surface area contributed by atoms with Crippen molar-refractivity contribution < 1.29 is 19.0 Å². The number of fused-ring (bicyclic) bond motifs is 1. The lowest BCUT2D eigenvalue weighted by Gasteiger charge is -2.28. The van der Waals surface area contributed by atoms with E-state index in [0.29, 0.717) is 50.0 Å². The molecule has 196 valence electrons. The van der Waals surface area contributed by atoms with Crippen LogP contribution in [0.3, 0.4) is 0 Å². The van der Waals surface area contributed by atoms with Crippen LogP contribution in [-0.4, -0.2) is 40.2 Å². The molecule has 0 fully saturated rings. The highest BCUT2D eigenvalue weighted by Gasteiger charge is 2.36. The fourth-order valence-corrected chi connectivity index (χ4v) is 5.29. The van der Waals surface area contributed by atoms with E-state index in [1.165, 1.54) is 11.8 Å². The molecule has 0 spiro atoms. The summed E-state index contributed by atoms with van der Waals surface area (Å²) in [7, 11) is 1.57. The number of hydrogen-bond donors (Lipinski definition) is 1. The molecule has 1 aromatic heterocycles. The zero-order chi connectivity index (χ0) is 26.5. The summed E-state index contributed by atoms with van der Waals surface area (Å²) < 4.78 is 19.8. The first-order valence-corrected chi connectivity index (χ1v) is 14.0. The molecule has 1 aliphatic rings. The normalized spacial score (nSPS) is 14.7. The summed E-state index contributed by atoms with van der Waals surface area (Å²) in [5.74, 6) is 2.00. The molecular weight excluding hydrogens is 580 g/mol. The van der Waals surface area contributed by atoms with E-state index in [4.69, 9.17) is 30.9 Å². The maximum Gasteiger partial charge on any atom is 0.338 e. The van der Waals surface area contributed by atoms with Crippen molar-refractivity contribution in [3.8, 4) is 11.5 Å². The van der Waals surface area contributed by atoms with Gasteiger partial charge in [0.1, 0.15) is 12.6 Å². The van der Waals surface area contributed by atoms with Crippen LogP contribution in [0.2, 0.25) is 5.02 Å². The highest BCUT2D eigenvalue weighted by atomic mass is 79.9. The Balaban J connectivity index is 1.76. The lowest BCUT2D eigenvalue weighted by molar-refractivity contribution is -0.139. The number of benzene rings is 2. The van der Waals surface area contributed by atoms with E-state index in [0.717, 1.165) is 23.3 Å². The Morgan fingerprint density at radius 1 is 1.27 bits per heavy atom. The van der Waals surface area contributed by atoms with E-state index in [1.807, 2.05) is 57.2 Å². The van der Waals surface area contributed by atoms with Crippen molar-refractivity contribution in [1.82, 2.24) is 14.8 Å². The van der Waals surface area contributed by atoms with E-state index in [-0.39, 0.29) is 6.61 Å². The molecule has 1 aliphatic heterocycles. The molecule has 3 aromatic rings. The molecule has 8 nitrogen and oxygen atoms in total. The molecule has 0 aliphatic carbocycles. The minimum atomic E-state index is -0.581. The maximum atomic E-state index is 13.2. The summed E-state index contributed by atoms with van der Waals surface area (Å²) in [5.41, 5.74) is 2.73. The lowest BCUT2D eigenvalue weighted by Crippen LogP contribution is -2.30. The van der Waals surface area contributed by atoms with Crippen LogP contribution in [0, 0.1) is 0 Å². The zero-order valence-corrected chi connectivity index (χ0v) is 24.2. The molecule has 2 aromatic carbocycles. The largest absolute Gasteiger partial charge is 0.493 e. The molecule has 0 saturated heterocycles. The minimum absolute atomic E-state index is 0.264. The molecule has 0 amide bonds. The molecule has 0 saturated carbocycles. The Morgan fingerprint density at radius 3 is 2.76 bits per heavy atom. The van der Waals surface area contributed by atoms with Crippen LogP contribution in [0.25, 0.3) is 0 Å². The first-order chi connectivity index (χ1) is 17.9. The monoisotopic (exact) mass is 606 g/mol. The Kier molecular flexibility index (Phi) is 9.04. The van der Waals surface area contributed by atoms with Gasteiger partial charge in [0.25, 0.3) is 0 Å². The van der Waals surface area contributed by atoms with Crippen LogP contribution in [0.1, 0.15) is 44.4 Å². The van der Waals surface area contributed by atoms with Crippen LogP contribution in [0.5, 0.6) is 11.5 Å². The SMILES string of the molecule is CCCOC(=O)C1=C(C)Nc2nc(SCC)nn2C1c1cc(Br)c(OCc2ccccc2Cl)c(OC)c1. The Hall–Kier alpha value is -2.69. The number of hydrogen-bond acceptors (Lipinski definition) is 8. The molecule has 1 N–H and O–H groups in total. The number of aromatic nitrogens is 3. The number of ether oxygens (including phenoxy) is 3. The lowest BCUT2D eigenvalue weighted by atomic mass is 9.95. The summed E-state index contributed by atoms with van der Waals surface area (Å²) >= 11 is 11.5. The topological polar surface area (TPSA) is 87.5 Å². The summed E-state index contributed by atoms with van der Waals surface area (Å²) in [6, 6.07) is 10.7. The third kappa shape index (κ3) is 5.91. The van der Waals surface area contributed by atoms with Gasteiger partial charge in [-0.2, -0.15) is 4.98 Å². The highest BCUT2D eigenvalue weighted by Crippen LogP contribution is 2.43. The summed E-state index contributed by atoms with van der Waals surface area (Å²) in [4.78, 5) is 17.8. The van der Waals surface area contributed by atoms with Crippen LogP contribution in [0.4, 0.5) is 5.95 Å². The van der Waals surface area contributed by atoms with E-state index < -0.39 is 12.0 Å². The van der Waals surface area contributed by atoms with Gasteiger partial charge in [0, 0.05) is 16.3 Å². The molecule has 37 heavy (non-hydrogen) atoms. The van der Waals surface area contributed by atoms with Gasteiger partial charge in [-0.05, 0) is 58.8 Å². The van der Waals surface area contributed by atoms with Gasteiger partial charge >= 0.3 is 5.97 Å². The van der Waals surface area contributed by atoms with Crippen molar-refractivity contribution in [2.45, 2.75) is 45.0 Å². The van der Waals surface area contributed by atoms with Crippen LogP contribution in [0.15, 0.2) is 57.3 Å². The second-order valence-electron chi connectivity index (χ2n) is 8.21. The third-order valence-corrected chi connectivity index (χ3v) is 7.34. The van der Waals surface area contributed by atoms with Gasteiger partial charge in [-0.3, -0.25) is 0 Å². The Bertz CT molecular complexity index is 1330. The van der Waals surface area contributed by atoms with Crippen molar-refractivity contribution in [3.63, 3.8) is 0 Å². The van der Waals surface area contributed by atoms with Crippen molar-refractivity contribution in [2.75, 3.05) is 24.8 Å². The quantitative estimate of drug-likeness (QED) is 0.203. The first kappa shape index (κ1) is 27.3. The fourth-order valence-electron chi connectivity index (χ4n) is 3.97. The standard InChI is InChI=1S/C26H28BrClN4O4S/c1-5-11-35-24(33)21-15(3)29-25-30-26(37-6-2)31-32(25)22(21)17-12-18(27)23(20(13-17)34-4)36-14-16-9-7-8-10-19(16)28/h7-10,12-13,22H,5-6,11,14H2,1-4H3,(H,29,30,31). The number of halogens is 2. The zero-order valence-electron chi connectivity index (χ0n) is 21.0. The average molecular weight is 608 g/mol. The fraction of sp³-hybridized carbons (Fsp3) is 0.346. The number of nitrogens with zero attached hydrogens (tertiary/aromatic N) is 3. The van der Waals surface area contributed by atoms with Crippen molar-refractivity contribution >= 4 is 51.2 Å². The second kappa shape index (κ2) is 12.2. The Morgan fingerprint density at radius 2 is 2.05 bits per heavy atom. The molecule has 4 rings (SSSR count). The maximum absolute atomic E-state index is 13.2. The van der Waals surface area contributed by atoms with E-state index >= 15 is 0 Å². The number of thioether (sulfide) groups is 1. The van der Waals surface area contributed by atoms with Crippen LogP contribution < -0.4 is 14.8 Å². The van der Waals surface area contributed by atoms with Gasteiger partial charge in [-0.1, -0.05) is 55.4 Å². The number of rotatable bonds is 10. The van der Waals surface area contributed by atoms with Crippen molar-refractivity contribution in [1.29, 1.82) is 0 Å². The van der Waals surface area contributed by atoms with Crippen LogP contribution in [-0.2, 0) is 16.1 Å². The predicted molar refractivity (Wildman–Crippen MR) is 149 cm³/mol. The van der Waals surface area contributed by atoms with Crippen molar-refractivity contribution in [2.24, 2.45) is 0 Å². The smallest absolute Gasteiger partial charge is 0.338 e. The average Bonchev–Trinajstić information content (AvgIpc) is 3.28. The number of nitrogens with one attached hydrogen (secondary N) is 1. The first-order valence-electron chi connectivity index (χ1n) is 11.9. The minimum Gasteiger partial charge on any atom is -0.493 e. The molecule has 0 bridgehead atoms. The number of carbonyl (C=O) groups excluding carboxylic acids is 1. The van der Waals surface area contributed by atoms with Gasteiger partial charge in [0.05, 0.1) is 23.8 Å². The van der Waals surface area contributed by atoms with E-state index in [2.05, 4.69) is 26.2 Å². The molecule has 0 radical (unpaired) electrons. The summed E-state index contributed by atoms with van der Waals surface area (Å²) in [5, 5.41) is 9.17. The molecule has 11 heteroatoms. The van der Waals surface area contributed by atoms with E-state index in [9.17, 15) is 4.79 Å². The molecule has 1 unspecified atom stereocenters. The predicted octanol–water partition coefficient (Wildman–Crippen LogP) is 6.64. The van der Waals surface area contributed by atoms with Gasteiger partial charge in [-0.25, -0.2) is 9.48 Å². The second-order valence-corrected chi connectivity index (χ2v) is 10.7. The molecular formula is C26H28BrClN4O4S. The van der Waals surface area contributed by atoms with Crippen LogP contribution >= 0.6 is 39.3 Å². The van der Waals surface area contributed by atoms with Gasteiger partial charge in [0.15, 0.2) is 11.5 Å². The van der Waals surface area contributed by atoms with Crippen molar-refractivity contribution in [3.05, 3.63) is 68.3 Å². The van der Waals surface area contributed by atoms with Gasteiger partial charge in [-0.15, -0.1) is 5.10 Å². The summed E-state index contributed by atoms with van der Waals surface area (Å²) in [6.45, 7) is 6.42. The van der Waals surface area contributed by atoms with Gasteiger partial charge in [0.2, 0.25) is 11.1 Å². The number of methoxy groups -OCH3 is 1. The number of esters is 1. The summed E-state index contributed by atoms with van der Waals surface area (Å²) in [6.07, 6.45) is 0.721.